The van der Waals surface area contributed by atoms with E-state index in [-0.39, 0.29) is 5.82 Å². The Kier molecular flexibility index (Phi) is 5.93. The topological polar surface area (TPSA) is 28.2 Å². The summed E-state index contributed by atoms with van der Waals surface area (Å²) in [6.07, 6.45) is 5.36. The van der Waals surface area contributed by atoms with Gasteiger partial charge in [-0.05, 0) is 37.1 Å². The number of hydrogen-bond acceptors (Lipinski definition) is 5. The van der Waals surface area contributed by atoms with Crippen LogP contribution in [0.4, 0.5) is 4.39 Å². The number of aromatic nitrogens is 1. The summed E-state index contributed by atoms with van der Waals surface area (Å²) >= 11 is 3.72. The second kappa shape index (κ2) is 8.38. The predicted octanol–water partition coefficient (Wildman–Crippen LogP) is 4.40. The number of nitrogens with one attached hydrogen (secondary N) is 1. The summed E-state index contributed by atoms with van der Waals surface area (Å²) < 4.78 is 13.1. The second-order valence-electron chi connectivity index (χ2n) is 7.29. The molecule has 0 spiro atoms. The highest BCUT2D eigenvalue weighted by molar-refractivity contribution is 7.99. The maximum atomic E-state index is 13.1. The van der Waals surface area contributed by atoms with E-state index in [4.69, 9.17) is 4.98 Å². The van der Waals surface area contributed by atoms with Crippen molar-refractivity contribution in [2.45, 2.75) is 37.8 Å². The van der Waals surface area contributed by atoms with Crippen LogP contribution >= 0.6 is 23.1 Å². The van der Waals surface area contributed by atoms with Crippen LogP contribution in [-0.2, 0) is 6.54 Å². The fraction of sp³-hybridized carbons (Fsp3) is 0.550. The lowest BCUT2D eigenvalue weighted by Gasteiger charge is -2.43. The summed E-state index contributed by atoms with van der Waals surface area (Å²) in [5.41, 5.74) is 2.42. The van der Waals surface area contributed by atoms with E-state index >= 15 is 0 Å². The lowest BCUT2D eigenvalue weighted by molar-refractivity contribution is 0.102. The van der Waals surface area contributed by atoms with Gasteiger partial charge in [0.05, 0.1) is 5.69 Å². The number of halogens is 1. The van der Waals surface area contributed by atoms with Crippen molar-refractivity contribution < 1.29 is 4.39 Å². The Labute approximate surface area is 163 Å². The van der Waals surface area contributed by atoms with Crippen LogP contribution < -0.4 is 5.32 Å². The molecule has 2 aliphatic rings. The summed E-state index contributed by atoms with van der Waals surface area (Å²) in [6.45, 7) is 4.33. The van der Waals surface area contributed by atoms with Crippen molar-refractivity contribution in [3.05, 3.63) is 41.2 Å². The zero-order valence-electron chi connectivity index (χ0n) is 15.0. The van der Waals surface area contributed by atoms with Gasteiger partial charge in [0, 0.05) is 54.2 Å². The number of thiazole rings is 1. The van der Waals surface area contributed by atoms with Crippen molar-refractivity contribution >= 4 is 23.1 Å². The fourth-order valence-electron chi connectivity index (χ4n) is 4.21. The molecule has 0 amide bonds. The minimum Gasteiger partial charge on any atom is -0.309 e. The molecule has 140 valence electrons. The molecule has 2 fully saturated rings. The minimum absolute atomic E-state index is 0.204. The van der Waals surface area contributed by atoms with Crippen molar-refractivity contribution in [1.82, 2.24) is 15.2 Å². The quantitative estimate of drug-likeness (QED) is 0.790. The first-order valence-electron chi connectivity index (χ1n) is 9.49. The second-order valence-corrected chi connectivity index (χ2v) is 9.37. The van der Waals surface area contributed by atoms with E-state index in [0.29, 0.717) is 5.54 Å². The Morgan fingerprint density at radius 3 is 2.58 bits per heavy atom. The largest absolute Gasteiger partial charge is 0.309 e. The Hall–Kier alpha value is -0.950. The molecule has 1 saturated heterocycles. The van der Waals surface area contributed by atoms with Crippen LogP contribution in [-0.4, -0.2) is 46.6 Å². The lowest BCUT2D eigenvalue weighted by atomic mass is 9.94. The van der Waals surface area contributed by atoms with E-state index in [2.05, 4.69) is 27.4 Å². The highest BCUT2D eigenvalue weighted by Gasteiger charge is 2.39. The molecule has 1 aliphatic heterocycles. The van der Waals surface area contributed by atoms with Crippen molar-refractivity contribution in [2.75, 3.05) is 31.1 Å². The van der Waals surface area contributed by atoms with E-state index in [1.165, 1.54) is 62.4 Å². The van der Waals surface area contributed by atoms with Crippen LogP contribution in [0.2, 0.25) is 0 Å². The van der Waals surface area contributed by atoms with Crippen LogP contribution in [0.3, 0.4) is 0 Å². The van der Waals surface area contributed by atoms with Crippen LogP contribution in [0.1, 0.15) is 31.4 Å². The zero-order valence-corrected chi connectivity index (χ0v) is 16.7. The molecule has 3 nitrogen and oxygen atoms in total. The Bertz CT molecular complexity index is 704. The monoisotopic (exact) mass is 391 g/mol. The van der Waals surface area contributed by atoms with E-state index in [1.54, 1.807) is 23.5 Å². The molecular formula is C20H26FN3S2. The van der Waals surface area contributed by atoms with Crippen LogP contribution in [0.5, 0.6) is 0 Å². The van der Waals surface area contributed by atoms with Crippen molar-refractivity contribution in [1.29, 1.82) is 0 Å². The molecule has 1 aliphatic carbocycles. The first-order valence-corrected chi connectivity index (χ1v) is 11.5. The Balaban J connectivity index is 1.35. The molecular weight excluding hydrogens is 365 g/mol. The summed E-state index contributed by atoms with van der Waals surface area (Å²) in [5.74, 6) is 2.34. The molecule has 0 bridgehead atoms. The zero-order chi connectivity index (χ0) is 17.8. The molecule has 4 rings (SSSR count). The van der Waals surface area contributed by atoms with Gasteiger partial charge in [-0.3, -0.25) is 4.90 Å². The van der Waals surface area contributed by atoms with Gasteiger partial charge in [-0.15, -0.1) is 11.3 Å². The van der Waals surface area contributed by atoms with Gasteiger partial charge in [-0.1, -0.05) is 12.8 Å². The van der Waals surface area contributed by atoms with Crippen molar-refractivity contribution in [3.8, 4) is 10.6 Å². The summed E-state index contributed by atoms with van der Waals surface area (Å²) in [4.78, 5) is 7.47. The van der Waals surface area contributed by atoms with Gasteiger partial charge in [0.15, 0.2) is 0 Å². The van der Waals surface area contributed by atoms with Gasteiger partial charge >= 0.3 is 0 Å². The van der Waals surface area contributed by atoms with Crippen LogP contribution in [0.15, 0.2) is 29.6 Å². The standard InChI is InChI=1S/C20H26FN3S2/c21-17-5-3-16(4-6-17)19-23-18(14-26-19)13-22-15-20(7-1-2-8-20)24-9-11-25-12-10-24/h3-6,14,22H,1-2,7-13,15H2. The molecule has 6 heteroatoms. The molecule has 26 heavy (non-hydrogen) atoms. The Morgan fingerprint density at radius 2 is 1.85 bits per heavy atom. The number of nitrogens with zero attached hydrogens (tertiary/aromatic N) is 2. The summed E-state index contributed by atoms with van der Waals surface area (Å²) in [5, 5.41) is 6.77. The van der Waals surface area contributed by atoms with Crippen molar-refractivity contribution in [2.24, 2.45) is 0 Å². The molecule has 1 N–H and O–H groups in total. The third kappa shape index (κ3) is 4.14. The lowest BCUT2D eigenvalue weighted by Crippen LogP contribution is -2.55. The van der Waals surface area contributed by atoms with E-state index in [0.717, 1.165) is 29.4 Å². The van der Waals surface area contributed by atoms with Crippen molar-refractivity contribution in [3.63, 3.8) is 0 Å². The average molecular weight is 392 g/mol. The summed E-state index contributed by atoms with van der Waals surface area (Å²) in [7, 11) is 0. The first kappa shape index (κ1) is 18.4. The molecule has 0 atom stereocenters. The maximum absolute atomic E-state index is 13.1. The molecule has 1 saturated carbocycles. The van der Waals surface area contributed by atoms with Gasteiger partial charge in [0.2, 0.25) is 0 Å². The third-order valence-corrected chi connectivity index (χ3v) is 7.50. The van der Waals surface area contributed by atoms with E-state index in [9.17, 15) is 4.39 Å². The molecule has 2 heterocycles. The fourth-order valence-corrected chi connectivity index (χ4v) is 5.94. The molecule has 1 aromatic carbocycles. The number of thioether (sulfide) groups is 1. The predicted molar refractivity (Wildman–Crippen MR) is 109 cm³/mol. The molecule has 0 unspecified atom stereocenters. The number of rotatable bonds is 6. The molecule has 0 radical (unpaired) electrons. The van der Waals surface area contributed by atoms with Gasteiger partial charge in [-0.2, -0.15) is 11.8 Å². The first-order chi connectivity index (χ1) is 12.8. The maximum Gasteiger partial charge on any atom is 0.123 e. The highest BCUT2D eigenvalue weighted by Crippen LogP contribution is 2.36. The Morgan fingerprint density at radius 1 is 1.12 bits per heavy atom. The van der Waals surface area contributed by atoms with Gasteiger partial charge in [0.25, 0.3) is 0 Å². The van der Waals surface area contributed by atoms with Gasteiger partial charge in [-0.25, -0.2) is 9.37 Å². The van der Waals surface area contributed by atoms with Gasteiger partial charge < -0.3 is 5.32 Å². The van der Waals surface area contributed by atoms with E-state index < -0.39 is 0 Å². The third-order valence-electron chi connectivity index (χ3n) is 5.62. The van der Waals surface area contributed by atoms with E-state index in [1.807, 2.05) is 0 Å². The van der Waals surface area contributed by atoms with Crippen LogP contribution in [0.25, 0.3) is 10.6 Å². The molecule has 2 aromatic rings. The number of benzene rings is 1. The average Bonchev–Trinajstić information content (AvgIpc) is 3.34. The SMILES string of the molecule is Fc1ccc(-c2nc(CNCC3(N4CCSCC4)CCCC3)cs2)cc1. The van der Waals surface area contributed by atoms with Crippen LogP contribution in [0, 0.1) is 5.82 Å². The minimum atomic E-state index is -0.204. The van der Waals surface area contributed by atoms with Gasteiger partial charge in [0.1, 0.15) is 10.8 Å². The smallest absolute Gasteiger partial charge is 0.123 e. The molecule has 1 aromatic heterocycles. The summed E-state index contributed by atoms with van der Waals surface area (Å²) in [6, 6.07) is 6.59. The normalized spacial score (nSPS) is 20.5. The number of hydrogen-bond donors (Lipinski definition) is 1. The highest BCUT2D eigenvalue weighted by atomic mass is 32.2.